The molecule has 0 saturated carbocycles. The third-order valence-corrected chi connectivity index (χ3v) is 76.7. The van der Waals surface area contributed by atoms with Gasteiger partial charge in [-0.25, -0.2) is 0 Å². The number of rotatable bonds is 5. The molecule has 186 valence electrons. The molecule has 0 N–H and O–H groups in total. The molecule has 8 heteroatoms. The Labute approximate surface area is 203 Å². The fourth-order valence-electron chi connectivity index (χ4n) is 25.5. The topological polar surface area (TPSA) is 51.6 Å². The second kappa shape index (κ2) is 2.44. The van der Waals surface area contributed by atoms with E-state index in [1.165, 1.54) is 6.16 Å². The van der Waals surface area contributed by atoms with Gasteiger partial charge < -0.3 is 0 Å². The van der Waals surface area contributed by atoms with E-state index in [0.29, 0.717) is 18.4 Å². The molecular weight excluding hydrogens is 526 g/mol. The molecule has 0 radical (unpaired) electrons. The Hall–Kier alpha value is -0.244. The van der Waals surface area contributed by atoms with Gasteiger partial charge in [-0.05, 0) is 0 Å². The van der Waals surface area contributed by atoms with Crippen molar-refractivity contribution < 1.29 is 6.51 Å². The van der Waals surface area contributed by atoms with Crippen LogP contribution >= 0.6 is 18.5 Å². The van der Waals surface area contributed by atoms with Gasteiger partial charge in [-0.15, -0.1) is 0 Å². The van der Waals surface area contributed by atoms with Crippen LogP contribution in [0.2, 0.25) is 65.4 Å². The van der Waals surface area contributed by atoms with E-state index in [0.717, 1.165) is 44.2 Å². The zero-order valence-electron chi connectivity index (χ0n) is 21.4. The molecule has 2 aromatic rings. The molecule has 10 fully saturated rings. The maximum atomic E-state index is 5.16. The molecule has 7 unspecified atom stereocenters. The Balaban J connectivity index is 1.37. The summed E-state index contributed by atoms with van der Waals surface area (Å²) < 4.78 is 2.30. The van der Waals surface area contributed by atoms with E-state index in [1.807, 2.05) is 24.8 Å². The Morgan fingerprint density at radius 2 is 1.34 bits per heavy atom. The van der Waals surface area contributed by atoms with Crippen molar-refractivity contribution in [3.05, 3.63) is 48.6 Å². The SMILES string of the molecule is CC(C)(C)[C]12[C]3(C(P)(c4cnccn4)c4cnccn4)[C]4(CP)[CH]5[C]1([Si](C)(C)C)[Fe]54321678[CH]2[CH]1[CH]6[CH]7[CH]28. The molecule has 0 aliphatic carbocycles. The van der Waals surface area contributed by atoms with Crippen molar-refractivity contribution in [3.8, 4) is 0 Å². The van der Waals surface area contributed by atoms with E-state index >= 15 is 0 Å². The zero-order chi connectivity index (χ0) is 24.2. The van der Waals surface area contributed by atoms with Crippen molar-refractivity contribution in [2.75, 3.05) is 6.16 Å². The van der Waals surface area contributed by atoms with Crippen LogP contribution in [0.15, 0.2) is 37.2 Å². The van der Waals surface area contributed by atoms with Gasteiger partial charge in [0.15, 0.2) is 0 Å². The fourth-order valence-corrected chi connectivity index (χ4v) is 143. The van der Waals surface area contributed by atoms with Gasteiger partial charge >= 0.3 is 204 Å². The van der Waals surface area contributed by atoms with E-state index < -0.39 is 14.6 Å². The predicted molar refractivity (Wildman–Crippen MR) is 145 cm³/mol. The third-order valence-electron chi connectivity index (χ3n) is 20.4. The van der Waals surface area contributed by atoms with Crippen LogP contribution in [-0.4, -0.2) is 34.2 Å². The average Bonchev–Trinajstić information content (AvgIpc) is 3.77. The van der Waals surface area contributed by atoms with Crippen LogP contribution in [-0.2, 0) is 11.7 Å². The van der Waals surface area contributed by atoms with E-state index in [9.17, 15) is 0 Å². The van der Waals surface area contributed by atoms with Gasteiger partial charge in [0.25, 0.3) is 0 Å². The molecule has 10 aliphatic rings. The summed E-state index contributed by atoms with van der Waals surface area (Å²) in [7, 11) is 5.46. The first-order valence-electron chi connectivity index (χ1n) is 13.5. The summed E-state index contributed by atoms with van der Waals surface area (Å²) >= 11 is 0. The molecule has 4 nitrogen and oxygen atoms in total. The van der Waals surface area contributed by atoms with Crippen LogP contribution in [0.1, 0.15) is 32.2 Å². The van der Waals surface area contributed by atoms with Crippen molar-refractivity contribution in [3.63, 3.8) is 0 Å². The monoisotopic (exact) mass is 562 g/mol. The number of nitrogens with zero attached hydrogens (tertiary/aromatic N) is 4. The van der Waals surface area contributed by atoms with Crippen LogP contribution in [0, 0.1) is 5.41 Å². The molecule has 2 aromatic heterocycles. The standard InChI is InChI=1S/C22H31N4P2Si.C5H5.Fe/c1-21(2,3)20-16(29(4,5)6)11-15(14-27)19(20)22(28,17-12-23-7-9-25-17)18-13-24-8-10-26-18;1-2-4-5-3-1;/h7-13H,14,27-28H2,1-6H3;1-5H;. The van der Waals surface area contributed by atoms with Crippen LogP contribution < -0.4 is 0 Å². The number of aromatic nitrogens is 4. The first kappa shape index (κ1) is 18.9. The van der Waals surface area contributed by atoms with Gasteiger partial charge in [0.2, 0.25) is 0 Å². The number of hydrogen-bond donors (Lipinski definition) is 0. The summed E-state index contributed by atoms with van der Waals surface area (Å²) in [6.45, 7) is 12.2. The molecule has 0 amide bonds. The summed E-state index contributed by atoms with van der Waals surface area (Å²) in [5.74, 6) is 0. The first-order valence-corrected chi connectivity index (χ1v) is 24.4. The number of fused-ring (bicyclic) bond motifs is 10. The van der Waals surface area contributed by atoms with Gasteiger partial charge in [0.05, 0.1) is 0 Å². The van der Waals surface area contributed by atoms with Crippen LogP contribution in [0.5, 0.6) is 0 Å². The van der Waals surface area contributed by atoms with Crippen molar-refractivity contribution in [1.29, 1.82) is 0 Å². The third kappa shape index (κ3) is 0.348. The van der Waals surface area contributed by atoms with E-state index in [2.05, 4.69) is 71.3 Å². The van der Waals surface area contributed by atoms with E-state index in [4.69, 9.17) is 19.9 Å². The minimum absolute atomic E-state index is 0.272. The molecule has 12 heterocycles. The van der Waals surface area contributed by atoms with Gasteiger partial charge in [-0.1, -0.05) is 0 Å². The molecule has 10 aliphatic heterocycles. The van der Waals surface area contributed by atoms with Crippen LogP contribution in [0.3, 0.4) is 0 Å². The Kier molecular flexibility index (Phi) is 1.32. The van der Waals surface area contributed by atoms with Crippen molar-refractivity contribution in [2.24, 2.45) is 5.41 Å². The van der Waals surface area contributed by atoms with Gasteiger partial charge in [-0.2, -0.15) is 0 Å². The van der Waals surface area contributed by atoms with Crippen molar-refractivity contribution >= 4 is 26.6 Å². The van der Waals surface area contributed by atoms with Gasteiger partial charge in [0, 0.05) is 0 Å². The molecule has 0 aromatic carbocycles. The summed E-state index contributed by atoms with van der Waals surface area (Å²) in [4.78, 5) is 26.6. The molecule has 10 saturated heterocycles. The molecule has 0 bridgehead atoms. The molecular formula is C27H36FeN4P2Si. The Bertz CT molecular complexity index is 1840. The Morgan fingerprint density at radius 1 is 0.857 bits per heavy atom. The summed E-state index contributed by atoms with van der Waals surface area (Å²) in [5.41, 5.74) is 2.64. The van der Waals surface area contributed by atoms with Crippen molar-refractivity contribution in [1.82, 2.24) is 19.9 Å². The predicted octanol–water partition coefficient (Wildman–Crippen LogP) is 7.05. The zero-order valence-corrected chi connectivity index (χ0v) is 25.8. The molecule has 1 spiro atoms. The van der Waals surface area contributed by atoms with Crippen LogP contribution in [0.25, 0.3) is 0 Å². The second-order valence-electron chi connectivity index (χ2n) is 17.7. The summed E-state index contributed by atoms with van der Waals surface area (Å²) in [6, 6.07) is 0. The fraction of sp³-hybridized carbons (Fsp3) is 0.704. The number of hydrogen-bond acceptors (Lipinski definition) is 4. The van der Waals surface area contributed by atoms with E-state index in [1.54, 1.807) is 0 Å². The normalized spacial score (nSPS) is 71.8. The van der Waals surface area contributed by atoms with Gasteiger partial charge in [-0.3, -0.25) is 0 Å². The maximum absolute atomic E-state index is 5.16. The average molecular weight is 562 g/mol. The van der Waals surface area contributed by atoms with Crippen LogP contribution in [0.4, 0.5) is 0 Å². The molecule has 12 rings (SSSR count). The quantitative estimate of drug-likeness (QED) is 0.290. The summed E-state index contributed by atoms with van der Waals surface area (Å²) in [5, 5.41) is -0.272. The second-order valence-corrected chi connectivity index (χ2v) is 47.4. The Morgan fingerprint density at radius 3 is 1.66 bits per heavy atom. The summed E-state index contributed by atoms with van der Waals surface area (Å²) in [6.07, 6.45) is 13.1. The first-order chi connectivity index (χ1) is 16.2. The van der Waals surface area contributed by atoms with E-state index in [-0.39, 0.29) is 5.16 Å². The van der Waals surface area contributed by atoms with Crippen molar-refractivity contribution in [2.45, 2.75) is 91.3 Å². The van der Waals surface area contributed by atoms with Gasteiger partial charge in [0.1, 0.15) is 0 Å². The molecule has 35 heavy (non-hydrogen) atoms. The molecule has 7 atom stereocenters. The minimum atomic E-state index is -4.32.